The molecular formula is C22H22BrFN6O4S2. The Bertz CT molecular complexity index is 1560. The van der Waals surface area contributed by atoms with Crippen molar-refractivity contribution in [3.63, 3.8) is 0 Å². The van der Waals surface area contributed by atoms with Crippen LogP contribution in [0, 0.1) is 17.3 Å². The zero-order chi connectivity index (χ0) is 26.3. The third-order valence-electron chi connectivity index (χ3n) is 6.17. The number of sulfonamides is 1. The zero-order valence-electron chi connectivity index (χ0n) is 19.9. The number of rotatable bonds is 5. The average Bonchev–Trinajstić information content (AvgIpc) is 3.62. The molecule has 3 aromatic rings. The number of halogens is 2. The molecule has 2 aliphatic rings. The number of nitriles is 1. The Balaban J connectivity index is 1.63. The van der Waals surface area contributed by atoms with Gasteiger partial charge in [0, 0.05) is 10.7 Å². The maximum Gasteiger partial charge on any atom is 0.424 e. The number of fused-ring (bicyclic) bond motifs is 1. The van der Waals surface area contributed by atoms with Crippen LogP contribution in [0.2, 0.25) is 0 Å². The van der Waals surface area contributed by atoms with Crippen LogP contribution in [0.5, 0.6) is 0 Å². The lowest BCUT2D eigenvalue weighted by molar-refractivity contribution is 0.0331. The first-order valence-corrected chi connectivity index (χ1v) is 14.2. The molecule has 2 fully saturated rings. The van der Waals surface area contributed by atoms with Gasteiger partial charge in [-0.2, -0.15) is 18.9 Å². The number of carbonyl (C=O) groups is 1. The Morgan fingerprint density at radius 1 is 1.31 bits per heavy atom. The standard InChI is InChI=1S/C22H22BrFN6O4S2/c1-20(2,3)34-19(31)30(21(4)5-6-21)36(32,33)12-9-13(23)14-15(24)26-16(29(14)10-12)17-27-28-18(35-17)22(11-25)7-8-22/h9-10H,5-8H2,1-4H3. The maximum absolute atomic E-state index is 14.9. The van der Waals surface area contributed by atoms with Gasteiger partial charge in [-0.05, 0) is 75.4 Å². The summed E-state index contributed by atoms with van der Waals surface area (Å²) in [5, 5.41) is 18.4. The first-order chi connectivity index (χ1) is 16.7. The average molecular weight is 597 g/mol. The molecule has 0 aromatic carbocycles. The molecule has 0 atom stereocenters. The normalized spacial score (nSPS) is 18.0. The third kappa shape index (κ3) is 4.06. The highest BCUT2D eigenvalue weighted by Gasteiger charge is 2.54. The zero-order valence-corrected chi connectivity index (χ0v) is 23.1. The van der Waals surface area contributed by atoms with Crippen molar-refractivity contribution in [1.29, 1.82) is 5.26 Å². The predicted molar refractivity (Wildman–Crippen MR) is 131 cm³/mol. The maximum atomic E-state index is 14.9. The molecule has 1 amide bonds. The Kier molecular flexibility index (Phi) is 5.52. The van der Waals surface area contributed by atoms with Gasteiger partial charge < -0.3 is 4.74 Å². The number of ether oxygens (including phenoxy) is 1. The molecule has 0 radical (unpaired) electrons. The van der Waals surface area contributed by atoms with E-state index in [2.05, 4.69) is 37.2 Å². The van der Waals surface area contributed by atoms with Crippen molar-refractivity contribution in [3.8, 4) is 16.9 Å². The molecule has 3 aromatic heterocycles. The predicted octanol–water partition coefficient (Wildman–Crippen LogP) is 4.79. The van der Waals surface area contributed by atoms with Gasteiger partial charge in [-0.15, -0.1) is 10.2 Å². The quantitative estimate of drug-likeness (QED) is 0.411. The van der Waals surface area contributed by atoms with Gasteiger partial charge in [0.1, 0.15) is 26.4 Å². The molecular weight excluding hydrogens is 575 g/mol. The van der Waals surface area contributed by atoms with Gasteiger partial charge in [0.25, 0.3) is 10.0 Å². The Morgan fingerprint density at radius 2 is 1.97 bits per heavy atom. The van der Waals surface area contributed by atoms with Crippen molar-refractivity contribution >= 4 is 48.9 Å². The molecule has 5 rings (SSSR count). The number of amides is 1. The largest absolute Gasteiger partial charge is 0.443 e. The highest BCUT2D eigenvalue weighted by atomic mass is 79.9. The van der Waals surface area contributed by atoms with E-state index in [1.165, 1.54) is 16.7 Å². The summed E-state index contributed by atoms with van der Waals surface area (Å²) in [6.07, 6.45) is 2.56. The highest BCUT2D eigenvalue weighted by Crippen LogP contribution is 2.49. The van der Waals surface area contributed by atoms with E-state index in [0.717, 1.165) is 15.6 Å². The van der Waals surface area contributed by atoms with Crippen LogP contribution in [0.4, 0.5) is 9.18 Å². The van der Waals surface area contributed by atoms with Crippen LogP contribution in [-0.4, -0.2) is 49.5 Å². The summed E-state index contributed by atoms with van der Waals surface area (Å²) in [7, 11) is -4.40. The molecule has 2 aliphatic carbocycles. The van der Waals surface area contributed by atoms with Gasteiger partial charge in [-0.1, -0.05) is 11.3 Å². The minimum Gasteiger partial charge on any atom is -0.443 e. The summed E-state index contributed by atoms with van der Waals surface area (Å²) in [6.45, 7) is 6.64. The van der Waals surface area contributed by atoms with Crippen molar-refractivity contribution in [2.75, 3.05) is 0 Å². The van der Waals surface area contributed by atoms with E-state index in [0.29, 0.717) is 30.7 Å². The monoisotopic (exact) mass is 596 g/mol. The van der Waals surface area contributed by atoms with Crippen LogP contribution in [-0.2, 0) is 20.2 Å². The van der Waals surface area contributed by atoms with Crippen molar-refractivity contribution in [3.05, 3.63) is 27.7 Å². The Morgan fingerprint density at radius 3 is 2.53 bits per heavy atom. The molecule has 14 heteroatoms. The van der Waals surface area contributed by atoms with Crippen LogP contribution in [0.3, 0.4) is 0 Å². The topological polar surface area (TPSA) is 131 Å². The second-order valence-electron chi connectivity index (χ2n) is 10.3. The fourth-order valence-electron chi connectivity index (χ4n) is 3.80. The first kappa shape index (κ1) is 25.0. The van der Waals surface area contributed by atoms with Crippen LogP contribution in [0.1, 0.15) is 58.4 Å². The number of carbonyl (C=O) groups excluding carboxylic acids is 1. The first-order valence-electron chi connectivity index (χ1n) is 11.1. The lowest BCUT2D eigenvalue weighted by Gasteiger charge is -2.31. The van der Waals surface area contributed by atoms with E-state index in [4.69, 9.17) is 4.74 Å². The minimum absolute atomic E-state index is 0.00331. The Labute approximate surface area is 219 Å². The summed E-state index contributed by atoms with van der Waals surface area (Å²) in [6, 6.07) is 3.48. The Hall–Kier alpha value is -2.63. The lowest BCUT2D eigenvalue weighted by atomic mass is 10.1. The second kappa shape index (κ2) is 7.93. The second-order valence-corrected chi connectivity index (χ2v) is 13.9. The fourth-order valence-corrected chi connectivity index (χ4v) is 7.29. The number of nitrogens with zero attached hydrogens (tertiary/aromatic N) is 6. The van der Waals surface area contributed by atoms with Gasteiger partial charge in [0.05, 0.1) is 11.6 Å². The number of hydrogen-bond acceptors (Lipinski definition) is 9. The summed E-state index contributed by atoms with van der Waals surface area (Å²) in [5.74, 6) is -0.795. The van der Waals surface area contributed by atoms with Gasteiger partial charge in [0.2, 0.25) is 5.95 Å². The number of hydrogen-bond donors (Lipinski definition) is 0. The van der Waals surface area contributed by atoms with Gasteiger partial charge in [-0.25, -0.2) is 13.2 Å². The van der Waals surface area contributed by atoms with E-state index >= 15 is 0 Å². The van der Waals surface area contributed by atoms with Crippen LogP contribution in [0.15, 0.2) is 21.6 Å². The fraction of sp³-hybridized carbons (Fsp3) is 0.500. The van der Waals surface area contributed by atoms with Gasteiger partial charge >= 0.3 is 6.09 Å². The van der Waals surface area contributed by atoms with E-state index in [-0.39, 0.29) is 25.7 Å². The molecule has 2 saturated carbocycles. The van der Waals surface area contributed by atoms with E-state index in [1.54, 1.807) is 27.7 Å². The molecule has 0 unspecified atom stereocenters. The lowest BCUT2D eigenvalue weighted by Crippen LogP contribution is -2.47. The summed E-state index contributed by atoms with van der Waals surface area (Å²) in [4.78, 5) is 16.7. The molecule has 0 spiro atoms. The molecule has 0 N–H and O–H groups in total. The third-order valence-corrected chi connectivity index (χ3v) is 9.79. The molecule has 0 bridgehead atoms. The smallest absolute Gasteiger partial charge is 0.424 e. The van der Waals surface area contributed by atoms with Crippen LogP contribution < -0.4 is 0 Å². The summed E-state index contributed by atoms with van der Waals surface area (Å²) in [5.41, 5.74) is -2.50. The number of imidazole rings is 1. The molecule has 0 aliphatic heterocycles. The van der Waals surface area contributed by atoms with Crippen LogP contribution in [0.25, 0.3) is 16.3 Å². The summed E-state index contributed by atoms with van der Waals surface area (Å²) >= 11 is 4.38. The molecule has 10 nitrogen and oxygen atoms in total. The molecule has 36 heavy (non-hydrogen) atoms. The van der Waals surface area contributed by atoms with E-state index < -0.39 is 38.6 Å². The number of aromatic nitrogens is 4. The van der Waals surface area contributed by atoms with E-state index in [1.807, 2.05) is 0 Å². The van der Waals surface area contributed by atoms with Crippen molar-refractivity contribution in [2.45, 2.75) is 74.8 Å². The summed E-state index contributed by atoms with van der Waals surface area (Å²) < 4.78 is 50.1. The van der Waals surface area contributed by atoms with E-state index in [9.17, 15) is 22.9 Å². The molecule has 3 heterocycles. The SMILES string of the molecule is CC(C)(C)OC(=O)N(C1(C)CC1)S(=O)(=O)c1cc(Br)c2c(F)nc(-c3nnc(C4(C#N)CC4)s3)n2c1. The minimum atomic E-state index is -4.40. The van der Waals surface area contributed by atoms with Crippen molar-refractivity contribution in [1.82, 2.24) is 23.9 Å². The van der Waals surface area contributed by atoms with Crippen molar-refractivity contribution in [2.24, 2.45) is 0 Å². The highest BCUT2D eigenvalue weighted by molar-refractivity contribution is 9.10. The van der Waals surface area contributed by atoms with Gasteiger partial charge in [-0.3, -0.25) is 4.40 Å². The van der Waals surface area contributed by atoms with Crippen LogP contribution >= 0.6 is 27.3 Å². The molecule has 0 saturated heterocycles. The number of pyridine rings is 1. The van der Waals surface area contributed by atoms with Gasteiger partial charge in [0.15, 0.2) is 10.8 Å². The van der Waals surface area contributed by atoms with Crippen molar-refractivity contribution < 1.29 is 22.3 Å². The molecule has 190 valence electrons.